The molecule has 1 aliphatic heterocycles. The number of carbonyl (C=O) groups is 1. The van der Waals surface area contributed by atoms with Gasteiger partial charge in [-0.3, -0.25) is 9.36 Å². The highest BCUT2D eigenvalue weighted by Gasteiger charge is 2.31. The number of amides is 1. The van der Waals surface area contributed by atoms with E-state index in [0.717, 1.165) is 0 Å². The first kappa shape index (κ1) is 21.1. The molecule has 0 unspecified atom stereocenters. The highest BCUT2D eigenvalue weighted by Crippen LogP contribution is 2.23. The summed E-state index contributed by atoms with van der Waals surface area (Å²) in [5.41, 5.74) is 1.29. The largest absolute Gasteiger partial charge is 0.497 e. The lowest BCUT2D eigenvalue weighted by Crippen LogP contribution is -2.50. The van der Waals surface area contributed by atoms with Crippen LogP contribution in [0.15, 0.2) is 56.6 Å². The summed E-state index contributed by atoms with van der Waals surface area (Å²) in [6, 6.07) is 11.3. The number of fused-ring (bicyclic) bond motifs is 1. The van der Waals surface area contributed by atoms with Gasteiger partial charge in [0.05, 0.1) is 17.5 Å². The minimum Gasteiger partial charge on any atom is -0.497 e. The minimum atomic E-state index is -3.78. The SMILES string of the molecule is CCn1c(=O)oc2cc(S(=O)(=O)N3CCN(C(=O)c4cccc(OC)c4)CC3)ccc21. The third-order valence-corrected chi connectivity index (χ3v) is 7.33. The number of sulfonamides is 1. The van der Waals surface area contributed by atoms with Crippen LogP contribution in [-0.4, -0.2) is 61.4 Å². The fraction of sp³-hybridized carbons (Fsp3) is 0.333. The van der Waals surface area contributed by atoms with Gasteiger partial charge in [-0.05, 0) is 37.3 Å². The van der Waals surface area contributed by atoms with Crippen LogP contribution in [0.3, 0.4) is 0 Å². The molecule has 0 bridgehead atoms. The Balaban J connectivity index is 1.50. The zero-order valence-electron chi connectivity index (χ0n) is 17.3. The van der Waals surface area contributed by atoms with Gasteiger partial charge in [-0.1, -0.05) is 6.07 Å². The van der Waals surface area contributed by atoms with Crippen molar-refractivity contribution < 1.29 is 22.4 Å². The molecule has 0 atom stereocenters. The van der Waals surface area contributed by atoms with E-state index < -0.39 is 15.8 Å². The summed E-state index contributed by atoms with van der Waals surface area (Å²) in [4.78, 5) is 26.3. The number of oxazole rings is 1. The quantitative estimate of drug-likeness (QED) is 0.593. The Kier molecular flexibility index (Phi) is 5.59. The summed E-state index contributed by atoms with van der Waals surface area (Å²) in [5, 5.41) is 0. The van der Waals surface area contributed by atoms with E-state index in [1.54, 1.807) is 35.2 Å². The molecule has 4 rings (SSSR count). The predicted molar refractivity (Wildman–Crippen MR) is 114 cm³/mol. The third kappa shape index (κ3) is 3.84. The van der Waals surface area contributed by atoms with Gasteiger partial charge in [-0.2, -0.15) is 4.31 Å². The molecule has 0 saturated carbocycles. The van der Waals surface area contributed by atoms with Gasteiger partial charge < -0.3 is 14.1 Å². The fourth-order valence-corrected chi connectivity index (χ4v) is 5.16. The van der Waals surface area contributed by atoms with Gasteiger partial charge >= 0.3 is 5.76 Å². The summed E-state index contributed by atoms with van der Waals surface area (Å²) >= 11 is 0. The van der Waals surface area contributed by atoms with Gasteiger partial charge in [-0.15, -0.1) is 0 Å². The molecule has 1 aliphatic rings. The number of aromatic nitrogens is 1. The summed E-state index contributed by atoms with van der Waals surface area (Å²) in [6.07, 6.45) is 0. The second-order valence-corrected chi connectivity index (χ2v) is 9.11. The highest BCUT2D eigenvalue weighted by molar-refractivity contribution is 7.89. The van der Waals surface area contributed by atoms with Crippen molar-refractivity contribution in [3.63, 3.8) is 0 Å². The smallest absolute Gasteiger partial charge is 0.419 e. The van der Waals surface area contributed by atoms with E-state index in [1.165, 1.54) is 28.1 Å². The molecule has 10 heteroatoms. The first-order valence-corrected chi connectivity index (χ1v) is 11.4. The number of methoxy groups -OCH3 is 1. The molecule has 3 aromatic rings. The number of aryl methyl sites for hydroxylation is 1. The first-order chi connectivity index (χ1) is 14.8. The topological polar surface area (TPSA) is 102 Å². The van der Waals surface area contributed by atoms with Crippen LogP contribution in [0.1, 0.15) is 17.3 Å². The van der Waals surface area contributed by atoms with Crippen LogP contribution in [0, 0.1) is 0 Å². The van der Waals surface area contributed by atoms with Crippen molar-refractivity contribution in [2.24, 2.45) is 0 Å². The van der Waals surface area contributed by atoms with E-state index in [1.807, 2.05) is 6.92 Å². The van der Waals surface area contributed by atoms with Gasteiger partial charge in [0.25, 0.3) is 5.91 Å². The number of benzene rings is 2. The number of nitrogens with zero attached hydrogens (tertiary/aromatic N) is 3. The van der Waals surface area contributed by atoms with Gasteiger partial charge in [0.1, 0.15) is 5.75 Å². The number of carbonyl (C=O) groups excluding carboxylic acids is 1. The van der Waals surface area contributed by atoms with Gasteiger partial charge in [0.15, 0.2) is 5.58 Å². The number of ether oxygens (including phenoxy) is 1. The number of hydrogen-bond donors (Lipinski definition) is 0. The number of rotatable bonds is 5. The van der Waals surface area contributed by atoms with Crippen molar-refractivity contribution in [2.45, 2.75) is 18.4 Å². The second kappa shape index (κ2) is 8.20. The molecule has 1 aromatic heterocycles. The molecule has 2 heterocycles. The molecule has 164 valence electrons. The zero-order valence-corrected chi connectivity index (χ0v) is 18.1. The van der Waals surface area contributed by atoms with Crippen molar-refractivity contribution >= 4 is 27.0 Å². The van der Waals surface area contributed by atoms with E-state index in [0.29, 0.717) is 23.4 Å². The van der Waals surface area contributed by atoms with Gasteiger partial charge in [0, 0.05) is 44.4 Å². The first-order valence-electron chi connectivity index (χ1n) is 9.92. The second-order valence-electron chi connectivity index (χ2n) is 7.17. The summed E-state index contributed by atoms with van der Waals surface area (Å²) < 4.78 is 39.3. The molecule has 0 spiro atoms. The van der Waals surface area contributed by atoms with Gasteiger partial charge in [-0.25, -0.2) is 13.2 Å². The normalized spacial score (nSPS) is 15.4. The van der Waals surface area contributed by atoms with Crippen LogP contribution in [0.25, 0.3) is 11.1 Å². The Morgan fingerprint density at radius 1 is 1.10 bits per heavy atom. The van der Waals surface area contributed by atoms with Crippen molar-refractivity contribution in [3.05, 3.63) is 58.6 Å². The lowest BCUT2D eigenvalue weighted by molar-refractivity contribution is 0.0697. The lowest BCUT2D eigenvalue weighted by atomic mass is 10.1. The van der Waals surface area contributed by atoms with Crippen LogP contribution in [0.2, 0.25) is 0 Å². The molecule has 9 nitrogen and oxygen atoms in total. The monoisotopic (exact) mass is 445 g/mol. The molecule has 31 heavy (non-hydrogen) atoms. The maximum atomic E-state index is 13.1. The van der Waals surface area contributed by atoms with E-state index in [2.05, 4.69) is 0 Å². The van der Waals surface area contributed by atoms with Crippen molar-refractivity contribution in [1.29, 1.82) is 0 Å². The Morgan fingerprint density at radius 2 is 1.84 bits per heavy atom. The number of hydrogen-bond acceptors (Lipinski definition) is 6. The van der Waals surface area contributed by atoms with Crippen LogP contribution in [-0.2, 0) is 16.6 Å². The van der Waals surface area contributed by atoms with Crippen molar-refractivity contribution in [1.82, 2.24) is 13.8 Å². The highest BCUT2D eigenvalue weighted by atomic mass is 32.2. The Morgan fingerprint density at radius 3 is 2.52 bits per heavy atom. The van der Waals surface area contributed by atoms with E-state index in [-0.39, 0.29) is 42.6 Å². The molecule has 1 saturated heterocycles. The predicted octanol–water partition coefficient (Wildman–Crippen LogP) is 1.77. The molecule has 2 aromatic carbocycles. The minimum absolute atomic E-state index is 0.0598. The van der Waals surface area contributed by atoms with E-state index in [9.17, 15) is 18.0 Å². The van der Waals surface area contributed by atoms with Crippen molar-refractivity contribution in [3.8, 4) is 5.75 Å². The summed E-state index contributed by atoms with van der Waals surface area (Å²) in [5.74, 6) is -0.0947. The summed E-state index contributed by atoms with van der Waals surface area (Å²) in [6.45, 7) is 3.15. The number of piperazine rings is 1. The Hall–Kier alpha value is -3.11. The molecule has 0 radical (unpaired) electrons. The maximum absolute atomic E-state index is 13.1. The van der Waals surface area contributed by atoms with E-state index in [4.69, 9.17) is 9.15 Å². The molecule has 1 fully saturated rings. The molecule has 0 N–H and O–H groups in total. The summed E-state index contributed by atoms with van der Waals surface area (Å²) in [7, 11) is -2.25. The zero-order chi connectivity index (χ0) is 22.2. The lowest BCUT2D eigenvalue weighted by Gasteiger charge is -2.34. The van der Waals surface area contributed by atoms with Crippen LogP contribution >= 0.6 is 0 Å². The maximum Gasteiger partial charge on any atom is 0.419 e. The molecular weight excluding hydrogens is 422 g/mol. The van der Waals surface area contributed by atoms with Crippen LogP contribution < -0.4 is 10.5 Å². The average Bonchev–Trinajstić information content (AvgIpc) is 3.12. The Bertz CT molecular complexity index is 1290. The molecular formula is C21H23N3O6S. The van der Waals surface area contributed by atoms with Gasteiger partial charge in [0.2, 0.25) is 10.0 Å². The standard InChI is InChI=1S/C21H23N3O6S/c1-3-24-18-8-7-17(14-19(18)30-21(24)26)31(27,28)23-11-9-22(10-12-23)20(25)15-5-4-6-16(13-15)29-2/h4-8,13-14H,3,9-12H2,1-2H3. The fourth-order valence-electron chi connectivity index (χ4n) is 3.73. The molecule has 1 amide bonds. The van der Waals surface area contributed by atoms with Crippen LogP contribution in [0.5, 0.6) is 5.75 Å². The third-order valence-electron chi connectivity index (χ3n) is 5.44. The van der Waals surface area contributed by atoms with Crippen LogP contribution in [0.4, 0.5) is 0 Å². The van der Waals surface area contributed by atoms with Crippen molar-refractivity contribution in [2.75, 3.05) is 33.3 Å². The van der Waals surface area contributed by atoms with E-state index >= 15 is 0 Å². The Labute approximate surface area is 179 Å². The average molecular weight is 445 g/mol. The molecule has 0 aliphatic carbocycles.